The topological polar surface area (TPSA) is 37.3 Å². The molecular formula is C29H44O2. The lowest BCUT2D eigenvalue weighted by Crippen LogP contribution is -2.44. The van der Waals surface area contributed by atoms with Crippen LogP contribution in [-0.2, 0) is 4.79 Å². The molecule has 2 nitrogen and oxygen atoms in total. The van der Waals surface area contributed by atoms with Gasteiger partial charge in [-0.15, -0.1) is 0 Å². The summed E-state index contributed by atoms with van der Waals surface area (Å²) in [5, 5.41) is 10.2. The van der Waals surface area contributed by atoms with Crippen LogP contribution < -0.4 is 0 Å². The quantitative estimate of drug-likeness (QED) is 0.480. The average Bonchev–Trinajstić information content (AvgIpc) is 3.06. The van der Waals surface area contributed by atoms with Crippen molar-refractivity contribution in [3.05, 3.63) is 34.9 Å². The van der Waals surface area contributed by atoms with Gasteiger partial charge in [0, 0.05) is 11.0 Å². The first kappa shape index (κ1) is 23.0. The van der Waals surface area contributed by atoms with Crippen molar-refractivity contribution in [2.75, 3.05) is 0 Å². The average molecular weight is 425 g/mol. The predicted octanol–water partition coefficient (Wildman–Crippen LogP) is 7.04. The molecule has 0 amide bonds. The van der Waals surface area contributed by atoms with Gasteiger partial charge in [-0.25, -0.2) is 0 Å². The van der Waals surface area contributed by atoms with Crippen LogP contribution in [0.25, 0.3) is 0 Å². The zero-order valence-corrected chi connectivity index (χ0v) is 20.7. The van der Waals surface area contributed by atoms with Crippen LogP contribution in [0.1, 0.15) is 92.9 Å². The van der Waals surface area contributed by atoms with E-state index in [0.717, 1.165) is 25.7 Å². The summed E-state index contributed by atoms with van der Waals surface area (Å²) in [5.74, 6) is 3.26. The molecule has 4 aliphatic rings. The lowest BCUT2D eigenvalue weighted by atomic mass is 9.53. The smallest absolute Gasteiger partial charge is 0.182 e. The fraction of sp³-hybridized carbons (Fsp3) is 0.759. The summed E-state index contributed by atoms with van der Waals surface area (Å²) < 4.78 is 0. The summed E-state index contributed by atoms with van der Waals surface area (Å²) in [4.78, 5) is 13.4. The first-order valence-corrected chi connectivity index (χ1v) is 13.0. The molecule has 2 fully saturated rings. The number of hydrogen-bond donors (Lipinski definition) is 1. The van der Waals surface area contributed by atoms with Gasteiger partial charge in [0.1, 0.15) is 0 Å². The second-order valence-electron chi connectivity index (χ2n) is 12.0. The Kier molecular flexibility index (Phi) is 6.18. The Balaban J connectivity index is 1.61. The van der Waals surface area contributed by atoms with Gasteiger partial charge in [-0.2, -0.15) is 0 Å². The Morgan fingerprint density at radius 2 is 1.87 bits per heavy atom. The maximum Gasteiger partial charge on any atom is 0.182 e. The fourth-order valence-electron chi connectivity index (χ4n) is 7.87. The Morgan fingerprint density at radius 1 is 1.13 bits per heavy atom. The molecule has 0 radical (unpaired) electrons. The number of fused-ring (bicyclic) bond motifs is 4. The minimum absolute atomic E-state index is 0.0129. The highest BCUT2D eigenvalue weighted by Crippen LogP contribution is 2.64. The maximum atomic E-state index is 13.4. The van der Waals surface area contributed by atoms with Crippen molar-refractivity contribution in [2.24, 2.45) is 40.4 Å². The summed E-state index contributed by atoms with van der Waals surface area (Å²) >= 11 is 0. The molecule has 0 spiro atoms. The van der Waals surface area contributed by atoms with Crippen molar-refractivity contribution in [1.29, 1.82) is 0 Å². The van der Waals surface area contributed by atoms with Crippen LogP contribution >= 0.6 is 0 Å². The van der Waals surface area contributed by atoms with Crippen LogP contribution in [0.3, 0.4) is 0 Å². The van der Waals surface area contributed by atoms with Gasteiger partial charge >= 0.3 is 0 Å². The minimum atomic E-state index is -0.274. The van der Waals surface area contributed by atoms with E-state index < -0.39 is 0 Å². The number of rotatable bonds is 5. The maximum absolute atomic E-state index is 13.4. The molecule has 1 N–H and O–H groups in total. The number of allylic oxidation sites excluding steroid dienone is 5. The Morgan fingerprint density at radius 3 is 2.55 bits per heavy atom. The summed E-state index contributed by atoms with van der Waals surface area (Å²) in [7, 11) is 0. The third-order valence-electron chi connectivity index (χ3n) is 10.00. The molecule has 2 heteroatoms. The van der Waals surface area contributed by atoms with Gasteiger partial charge < -0.3 is 5.11 Å². The molecule has 0 aromatic carbocycles. The molecule has 2 unspecified atom stereocenters. The van der Waals surface area contributed by atoms with Crippen molar-refractivity contribution in [1.82, 2.24) is 0 Å². The number of carbonyl (C=O) groups is 1. The van der Waals surface area contributed by atoms with Gasteiger partial charge in [-0.3, -0.25) is 4.79 Å². The highest BCUT2D eigenvalue weighted by molar-refractivity contribution is 6.07. The Hall–Kier alpha value is -1.15. The summed E-state index contributed by atoms with van der Waals surface area (Å²) in [5.41, 5.74) is 4.07. The number of carbonyl (C=O) groups excluding carboxylic acids is 1. The van der Waals surface area contributed by atoms with E-state index in [0.29, 0.717) is 36.0 Å². The number of ketones is 1. The van der Waals surface area contributed by atoms with Crippen LogP contribution in [-0.4, -0.2) is 17.0 Å². The first-order chi connectivity index (χ1) is 14.6. The summed E-state index contributed by atoms with van der Waals surface area (Å²) in [6, 6.07) is 0. The van der Waals surface area contributed by atoms with Crippen molar-refractivity contribution in [3.63, 3.8) is 0 Å². The van der Waals surface area contributed by atoms with E-state index >= 15 is 0 Å². The van der Waals surface area contributed by atoms with Crippen LogP contribution in [0.4, 0.5) is 0 Å². The highest BCUT2D eigenvalue weighted by atomic mass is 16.3. The molecule has 7 atom stereocenters. The van der Waals surface area contributed by atoms with E-state index in [1.165, 1.54) is 36.0 Å². The third-order valence-corrected chi connectivity index (χ3v) is 10.00. The second kappa shape index (κ2) is 8.32. The van der Waals surface area contributed by atoms with Gasteiger partial charge in [0.25, 0.3) is 0 Å². The molecule has 4 rings (SSSR count). The second-order valence-corrected chi connectivity index (χ2v) is 12.0. The predicted molar refractivity (Wildman–Crippen MR) is 129 cm³/mol. The van der Waals surface area contributed by atoms with E-state index in [9.17, 15) is 9.90 Å². The molecular weight excluding hydrogens is 380 g/mol. The van der Waals surface area contributed by atoms with Crippen LogP contribution in [0, 0.1) is 40.4 Å². The van der Waals surface area contributed by atoms with E-state index in [2.05, 4.69) is 53.7 Å². The zero-order chi connectivity index (χ0) is 22.6. The van der Waals surface area contributed by atoms with Crippen LogP contribution in [0.5, 0.6) is 0 Å². The molecule has 2 saturated carbocycles. The van der Waals surface area contributed by atoms with E-state index in [1.54, 1.807) is 0 Å². The van der Waals surface area contributed by atoms with E-state index in [1.807, 2.05) is 6.08 Å². The molecule has 0 aliphatic heterocycles. The van der Waals surface area contributed by atoms with Gasteiger partial charge in [0.15, 0.2) is 5.78 Å². The van der Waals surface area contributed by atoms with Crippen molar-refractivity contribution < 1.29 is 9.90 Å². The fourth-order valence-corrected chi connectivity index (χ4v) is 7.87. The van der Waals surface area contributed by atoms with Gasteiger partial charge in [0.05, 0.1) is 6.10 Å². The first-order valence-electron chi connectivity index (χ1n) is 13.0. The normalized spacial score (nSPS) is 39.9. The Labute approximate surface area is 190 Å². The van der Waals surface area contributed by atoms with Gasteiger partial charge in [-0.1, -0.05) is 64.8 Å². The summed E-state index contributed by atoms with van der Waals surface area (Å²) in [6.07, 6.45) is 15.0. The minimum Gasteiger partial charge on any atom is -0.393 e. The molecule has 0 bridgehead atoms. The number of hydrogen-bond acceptors (Lipinski definition) is 2. The van der Waals surface area contributed by atoms with Crippen LogP contribution in [0.2, 0.25) is 0 Å². The molecule has 0 saturated heterocycles. The molecule has 0 aromatic rings. The lowest BCUT2D eigenvalue weighted by molar-refractivity contribution is -0.113. The van der Waals surface area contributed by atoms with Crippen molar-refractivity contribution in [3.8, 4) is 0 Å². The number of aliphatic hydroxyl groups is 1. The summed E-state index contributed by atoms with van der Waals surface area (Å²) in [6.45, 7) is 14.2. The van der Waals surface area contributed by atoms with E-state index in [4.69, 9.17) is 0 Å². The zero-order valence-electron chi connectivity index (χ0n) is 20.7. The van der Waals surface area contributed by atoms with Crippen LogP contribution in [0.15, 0.2) is 34.9 Å². The monoisotopic (exact) mass is 424 g/mol. The molecule has 4 aliphatic carbocycles. The Bertz CT molecular complexity index is 815. The lowest BCUT2D eigenvalue weighted by Gasteiger charge is -2.51. The molecule has 172 valence electrons. The van der Waals surface area contributed by atoms with Gasteiger partial charge in [0.2, 0.25) is 0 Å². The molecule has 0 heterocycles. The highest BCUT2D eigenvalue weighted by Gasteiger charge is 2.56. The SMILES string of the molecule is CCC(/C=C/[C@@H](C)[C@H]1CC[C@H]2C3=C(CC[C@]12C)[C@@]1(C)CCC(O)CC1=CC3=O)C(C)C. The number of aliphatic hydroxyl groups excluding tert-OH is 1. The van der Waals surface area contributed by atoms with E-state index in [-0.39, 0.29) is 22.7 Å². The van der Waals surface area contributed by atoms with Crippen molar-refractivity contribution >= 4 is 5.78 Å². The standard InChI is InChI=1S/C29H44O2/c1-7-20(18(2)3)9-8-19(4)23-10-11-24-27-25(13-15-29(23,24)6)28(5)14-12-22(30)16-21(28)17-26(27)31/h8-9,17-20,22-24,30H,7,10-16H2,1-6H3/b9-8+/t19-,20?,22?,23-,24+,28+,29-/m1/s1. The van der Waals surface area contributed by atoms with Crippen molar-refractivity contribution in [2.45, 2.75) is 99.0 Å². The largest absolute Gasteiger partial charge is 0.393 e. The molecule has 0 aromatic heterocycles. The third kappa shape index (κ3) is 3.71. The molecule has 31 heavy (non-hydrogen) atoms. The van der Waals surface area contributed by atoms with Gasteiger partial charge in [-0.05, 0) is 92.4 Å².